The van der Waals surface area contributed by atoms with Crippen LogP contribution >= 0.6 is 0 Å². The summed E-state index contributed by atoms with van der Waals surface area (Å²) in [6.45, 7) is 0.996. The molecule has 1 fully saturated rings. The number of nitrogens with zero attached hydrogens (tertiary/aromatic N) is 3. The van der Waals surface area contributed by atoms with Gasteiger partial charge in [0.2, 0.25) is 0 Å². The first-order chi connectivity index (χ1) is 10.4. The molecule has 3 heterocycles. The average molecular weight is 304 g/mol. The van der Waals surface area contributed by atoms with Crippen LogP contribution in [0.5, 0.6) is 0 Å². The second-order valence-electron chi connectivity index (χ2n) is 5.43. The molecule has 2 aromatic rings. The Kier molecular flexibility index (Phi) is 3.30. The van der Waals surface area contributed by atoms with E-state index >= 15 is 0 Å². The van der Waals surface area contributed by atoms with Gasteiger partial charge in [0.15, 0.2) is 6.23 Å². The smallest absolute Gasteiger partial charge is 0.167 e. The number of hydrogen-bond donors (Lipinski definition) is 4. The van der Waals surface area contributed by atoms with Gasteiger partial charge in [0, 0.05) is 6.20 Å². The van der Waals surface area contributed by atoms with E-state index < -0.39 is 30.6 Å². The van der Waals surface area contributed by atoms with Gasteiger partial charge in [-0.05, 0) is 6.92 Å². The fourth-order valence-electron chi connectivity index (χ4n) is 2.79. The zero-order valence-electron chi connectivity index (χ0n) is 11.8. The SMILES string of the molecule is C#Cc1cn([C@@H]2O[C@H](CO)[C@@H](O)C2(C)O)c2ncnc(N)c12. The standard InChI is InChI=1S/C14H16N4O4/c1-3-7-4-18(12-9(7)11(15)16-6-17-12)13-14(2,21)10(20)8(5-19)22-13/h1,4,6,8,10,13,19-21H,5H2,2H3,(H2,15,16,17)/t8-,10-,13-,14?/m1/s1. The van der Waals surface area contributed by atoms with Gasteiger partial charge in [-0.3, -0.25) is 0 Å². The third-order valence-electron chi connectivity index (χ3n) is 3.98. The van der Waals surface area contributed by atoms with Crippen LogP contribution in [-0.4, -0.2) is 54.3 Å². The molecule has 0 radical (unpaired) electrons. The molecule has 0 bridgehead atoms. The minimum Gasteiger partial charge on any atom is -0.394 e. The molecule has 4 atom stereocenters. The number of hydrogen-bond acceptors (Lipinski definition) is 7. The molecule has 0 aliphatic carbocycles. The largest absolute Gasteiger partial charge is 0.394 e. The summed E-state index contributed by atoms with van der Waals surface area (Å²) in [6.07, 6.45) is 5.17. The molecule has 1 saturated heterocycles. The predicted molar refractivity (Wildman–Crippen MR) is 77.5 cm³/mol. The molecule has 0 aromatic carbocycles. The first-order valence-electron chi connectivity index (χ1n) is 6.66. The Bertz CT molecular complexity index is 764. The fraction of sp³-hybridized carbons (Fsp3) is 0.429. The van der Waals surface area contributed by atoms with E-state index in [4.69, 9.17) is 16.9 Å². The van der Waals surface area contributed by atoms with E-state index in [1.54, 1.807) is 6.20 Å². The van der Waals surface area contributed by atoms with Crippen molar-refractivity contribution in [2.75, 3.05) is 12.3 Å². The van der Waals surface area contributed by atoms with Crippen molar-refractivity contribution in [3.05, 3.63) is 18.1 Å². The highest BCUT2D eigenvalue weighted by atomic mass is 16.6. The lowest BCUT2D eigenvalue weighted by Gasteiger charge is -2.27. The van der Waals surface area contributed by atoms with Crippen molar-refractivity contribution in [3.63, 3.8) is 0 Å². The van der Waals surface area contributed by atoms with Crippen molar-refractivity contribution < 1.29 is 20.1 Å². The van der Waals surface area contributed by atoms with Crippen molar-refractivity contribution in [2.45, 2.75) is 31.0 Å². The second-order valence-corrected chi connectivity index (χ2v) is 5.43. The van der Waals surface area contributed by atoms with Crippen LogP contribution < -0.4 is 5.73 Å². The summed E-state index contributed by atoms with van der Waals surface area (Å²) < 4.78 is 7.07. The molecule has 0 spiro atoms. The van der Waals surface area contributed by atoms with E-state index in [0.29, 0.717) is 16.6 Å². The topological polar surface area (TPSA) is 127 Å². The van der Waals surface area contributed by atoms with Gasteiger partial charge in [-0.25, -0.2) is 9.97 Å². The number of aliphatic hydroxyl groups is 3. The van der Waals surface area contributed by atoms with Gasteiger partial charge in [-0.2, -0.15) is 0 Å². The maximum Gasteiger partial charge on any atom is 0.167 e. The molecular formula is C14H16N4O4. The summed E-state index contributed by atoms with van der Waals surface area (Å²) in [6, 6.07) is 0. The molecule has 5 N–H and O–H groups in total. The minimum atomic E-state index is -1.63. The van der Waals surface area contributed by atoms with Gasteiger partial charge >= 0.3 is 0 Å². The molecule has 8 nitrogen and oxygen atoms in total. The molecule has 0 amide bonds. The highest BCUT2D eigenvalue weighted by Crippen LogP contribution is 2.40. The Morgan fingerprint density at radius 3 is 2.86 bits per heavy atom. The molecule has 1 unspecified atom stereocenters. The Labute approximate surface area is 126 Å². The Hall–Kier alpha value is -2.18. The average Bonchev–Trinajstić information content (AvgIpc) is 2.97. The molecule has 2 aromatic heterocycles. The first-order valence-corrected chi connectivity index (χ1v) is 6.66. The number of ether oxygens (including phenoxy) is 1. The number of aliphatic hydroxyl groups excluding tert-OH is 2. The Balaban J connectivity index is 2.20. The van der Waals surface area contributed by atoms with E-state index in [2.05, 4.69) is 15.9 Å². The quantitative estimate of drug-likeness (QED) is 0.524. The van der Waals surface area contributed by atoms with Crippen LogP contribution in [0.1, 0.15) is 18.7 Å². The van der Waals surface area contributed by atoms with Gasteiger partial charge in [-0.1, -0.05) is 5.92 Å². The van der Waals surface area contributed by atoms with Crippen LogP contribution in [0.2, 0.25) is 0 Å². The lowest BCUT2D eigenvalue weighted by atomic mass is 9.96. The molecule has 22 heavy (non-hydrogen) atoms. The van der Waals surface area contributed by atoms with Gasteiger partial charge in [0.1, 0.15) is 35.6 Å². The maximum atomic E-state index is 10.6. The molecular weight excluding hydrogens is 288 g/mol. The number of anilines is 1. The number of terminal acetylenes is 1. The number of nitrogen functional groups attached to an aromatic ring is 1. The van der Waals surface area contributed by atoms with Gasteiger partial charge < -0.3 is 30.4 Å². The third-order valence-corrected chi connectivity index (χ3v) is 3.98. The maximum absolute atomic E-state index is 10.6. The van der Waals surface area contributed by atoms with Crippen LogP contribution in [0.4, 0.5) is 5.82 Å². The highest BCUT2D eigenvalue weighted by Gasteiger charge is 2.53. The van der Waals surface area contributed by atoms with Gasteiger partial charge in [-0.15, -0.1) is 6.42 Å². The monoisotopic (exact) mass is 304 g/mol. The van der Waals surface area contributed by atoms with Crippen LogP contribution in [0.15, 0.2) is 12.5 Å². The van der Waals surface area contributed by atoms with Crippen LogP contribution in [0.25, 0.3) is 11.0 Å². The molecule has 3 rings (SSSR count). The van der Waals surface area contributed by atoms with Crippen LogP contribution in [-0.2, 0) is 4.74 Å². The lowest BCUT2D eigenvalue weighted by molar-refractivity contribution is -0.0948. The Morgan fingerprint density at radius 1 is 1.55 bits per heavy atom. The molecule has 8 heteroatoms. The zero-order chi connectivity index (χ0) is 16.1. The van der Waals surface area contributed by atoms with Crippen molar-refractivity contribution in [3.8, 4) is 12.3 Å². The second kappa shape index (κ2) is 4.93. The summed E-state index contributed by atoms with van der Waals surface area (Å²) in [4.78, 5) is 8.04. The Morgan fingerprint density at radius 2 is 2.27 bits per heavy atom. The van der Waals surface area contributed by atoms with Crippen molar-refractivity contribution in [2.24, 2.45) is 0 Å². The fourth-order valence-corrected chi connectivity index (χ4v) is 2.79. The van der Waals surface area contributed by atoms with E-state index in [1.807, 2.05) is 0 Å². The molecule has 116 valence electrons. The van der Waals surface area contributed by atoms with Crippen LogP contribution in [0, 0.1) is 12.3 Å². The summed E-state index contributed by atoms with van der Waals surface area (Å²) in [7, 11) is 0. The van der Waals surface area contributed by atoms with Crippen molar-refractivity contribution in [1.82, 2.24) is 14.5 Å². The first kappa shape index (κ1) is 14.7. The molecule has 1 aliphatic rings. The number of aromatic nitrogens is 3. The lowest BCUT2D eigenvalue weighted by Crippen LogP contribution is -2.44. The van der Waals surface area contributed by atoms with Gasteiger partial charge in [0.25, 0.3) is 0 Å². The third kappa shape index (κ3) is 1.88. The van der Waals surface area contributed by atoms with E-state index in [1.165, 1.54) is 17.8 Å². The zero-order valence-corrected chi connectivity index (χ0v) is 11.8. The number of rotatable bonds is 2. The number of nitrogens with two attached hydrogens (primary N) is 1. The normalized spacial score (nSPS) is 31.5. The summed E-state index contributed by atoms with van der Waals surface area (Å²) in [5.41, 5.74) is 5.05. The van der Waals surface area contributed by atoms with E-state index in [0.717, 1.165) is 0 Å². The summed E-state index contributed by atoms with van der Waals surface area (Å²) >= 11 is 0. The van der Waals surface area contributed by atoms with E-state index in [-0.39, 0.29) is 5.82 Å². The van der Waals surface area contributed by atoms with Crippen molar-refractivity contribution >= 4 is 16.9 Å². The summed E-state index contributed by atoms with van der Waals surface area (Å²) in [5, 5.41) is 30.4. The minimum absolute atomic E-state index is 0.216. The highest BCUT2D eigenvalue weighted by molar-refractivity contribution is 5.92. The molecule has 1 aliphatic heterocycles. The van der Waals surface area contributed by atoms with Gasteiger partial charge in [0.05, 0.1) is 17.6 Å². The predicted octanol–water partition coefficient (Wildman–Crippen LogP) is -1.00. The summed E-state index contributed by atoms with van der Waals surface area (Å²) in [5.74, 6) is 2.70. The van der Waals surface area contributed by atoms with Crippen LogP contribution in [0.3, 0.4) is 0 Å². The molecule has 0 saturated carbocycles. The van der Waals surface area contributed by atoms with Crippen molar-refractivity contribution in [1.29, 1.82) is 0 Å². The number of fused-ring (bicyclic) bond motifs is 1. The van der Waals surface area contributed by atoms with E-state index in [9.17, 15) is 15.3 Å².